The Labute approximate surface area is 153 Å². The molecule has 5 heteroatoms. The van der Waals surface area contributed by atoms with Crippen LogP contribution in [0.15, 0.2) is 66.9 Å². The van der Waals surface area contributed by atoms with Gasteiger partial charge in [0.2, 0.25) is 0 Å². The van der Waals surface area contributed by atoms with Gasteiger partial charge < -0.3 is 9.72 Å². The van der Waals surface area contributed by atoms with Crippen molar-refractivity contribution in [3.05, 3.63) is 78.1 Å². The molecular formula is C21H23N3O2. The number of carbonyl (C=O) groups is 1. The second kappa shape index (κ2) is 8.97. The average molecular weight is 349 g/mol. The summed E-state index contributed by atoms with van der Waals surface area (Å²) in [5, 5.41) is 0. The van der Waals surface area contributed by atoms with E-state index in [0.717, 1.165) is 22.6 Å². The summed E-state index contributed by atoms with van der Waals surface area (Å²) in [5.74, 6) is 0.614. The number of ether oxygens (including phenoxy) is 1. The Hall–Kier alpha value is -2.92. The second-order valence-corrected chi connectivity index (χ2v) is 6.06. The summed E-state index contributed by atoms with van der Waals surface area (Å²) in [6, 6.07) is 20.1. The van der Waals surface area contributed by atoms with Crippen molar-refractivity contribution in [1.29, 1.82) is 0 Å². The fourth-order valence-corrected chi connectivity index (χ4v) is 2.82. The minimum Gasteiger partial charge on any atom is -0.465 e. The van der Waals surface area contributed by atoms with Crippen LogP contribution in [-0.4, -0.2) is 34.0 Å². The quantitative estimate of drug-likeness (QED) is 0.631. The van der Waals surface area contributed by atoms with E-state index < -0.39 is 0 Å². The van der Waals surface area contributed by atoms with E-state index in [1.807, 2.05) is 61.7 Å². The first-order chi connectivity index (χ1) is 12.7. The first-order valence-electron chi connectivity index (χ1n) is 8.76. The number of rotatable bonds is 8. The Balaban J connectivity index is 1.72. The predicted octanol–water partition coefficient (Wildman–Crippen LogP) is 3.64. The maximum atomic E-state index is 12.0. The molecule has 1 heterocycles. The summed E-state index contributed by atoms with van der Waals surface area (Å²) in [5.41, 5.74) is 3.16. The standard InChI is InChI=1S/C21H23N3O2/c1-2-26-20(25)16-24(14-17-9-5-3-6-10-17)15-19-13-22-21(23-19)18-11-7-4-8-12-18/h3-13H,2,14-16H2,1H3,(H,22,23). The lowest BCUT2D eigenvalue weighted by molar-refractivity contribution is -0.144. The van der Waals surface area contributed by atoms with Gasteiger partial charge in [-0.3, -0.25) is 9.69 Å². The third-order valence-corrected chi connectivity index (χ3v) is 3.98. The molecule has 0 aliphatic carbocycles. The first kappa shape index (κ1) is 17.9. The monoisotopic (exact) mass is 349 g/mol. The lowest BCUT2D eigenvalue weighted by Gasteiger charge is -2.20. The summed E-state index contributed by atoms with van der Waals surface area (Å²) in [6.45, 7) is 3.70. The molecular weight excluding hydrogens is 326 g/mol. The van der Waals surface area contributed by atoms with E-state index in [-0.39, 0.29) is 12.5 Å². The summed E-state index contributed by atoms with van der Waals surface area (Å²) in [6.07, 6.45) is 1.82. The number of hydrogen-bond acceptors (Lipinski definition) is 4. The predicted molar refractivity (Wildman–Crippen MR) is 101 cm³/mol. The molecule has 0 atom stereocenters. The Morgan fingerprint density at radius 1 is 1.04 bits per heavy atom. The van der Waals surface area contributed by atoms with E-state index in [2.05, 4.69) is 27.0 Å². The number of hydrogen-bond donors (Lipinski definition) is 1. The zero-order valence-electron chi connectivity index (χ0n) is 14.9. The molecule has 0 saturated heterocycles. The highest BCUT2D eigenvalue weighted by molar-refractivity contribution is 5.71. The molecule has 0 saturated carbocycles. The van der Waals surface area contributed by atoms with Crippen LogP contribution < -0.4 is 0 Å². The van der Waals surface area contributed by atoms with Crippen LogP contribution in [0.5, 0.6) is 0 Å². The number of carbonyl (C=O) groups excluding carboxylic acids is 1. The number of nitrogens with one attached hydrogen (secondary N) is 1. The summed E-state index contributed by atoms with van der Waals surface area (Å²) in [4.78, 5) is 21.8. The van der Waals surface area contributed by atoms with E-state index in [1.54, 1.807) is 0 Å². The summed E-state index contributed by atoms with van der Waals surface area (Å²) in [7, 11) is 0. The first-order valence-corrected chi connectivity index (χ1v) is 8.76. The van der Waals surface area contributed by atoms with Crippen LogP contribution in [-0.2, 0) is 22.6 Å². The molecule has 0 spiro atoms. The van der Waals surface area contributed by atoms with Gasteiger partial charge in [-0.05, 0) is 12.5 Å². The molecule has 0 fully saturated rings. The van der Waals surface area contributed by atoms with E-state index in [0.29, 0.717) is 19.7 Å². The minimum atomic E-state index is -0.216. The zero-order valence-corrected chi connectivity index (χ0v) is 14.9. The fourth-order valence-electron chi connectivity index (χ4n) is 2.82. The number of H-pyrrole nitrogens is 1. The van der Waals surface area contributed by atoms with Gasteiger partial charge >= 0.3 is 5.97 Å². The molecule has 3 rings (SSSR count). The molecule has 0 aliphatic rings. The van der Waals surface area contributed by atoms with Crippen LogP contribution in [0.1, 0.15) is 18.2 Å². The van der Waals surface area contributed by atoms with E-state index in [4.69, 9.17) is 4.74 Å². The molecule has 0 radical (unpaired) electrons. The zero-order chi connectivity index (χ0) is 18.2. The average Bonchev–Trinajstić information content (AvgIpc) is 3.12. The lowest BCUT2D eigenvalue weighted by Crippen LogP contribution is -2.30. The van der Waals surface area contributed by atoms with Gasteiger partial charge in [0.1, 0.15) is 5.82 Å². The molecule has 3 aromatic rings. The molecule has 1 N–H and O–H groups in total. The molecule has 0 unspecified atom stereocenters. The van der Waals surface area contributed by atoms with Crippen LogP contribution in [0.2, 0.25) is 0 Å². The maximum absolute atomic E-state index is 12.0. The molecule has 5 nitrogen and oxygen atoms in total. The Morgan fingerprint density at radius 2 is 1.73 bits per heavy atom. The number of benzene rings is 2. The van der Waals surface area contributed by atoms with Crippen LogP contribution in [0.4, 0.5) is 0 Å². The molecule has 1 aromatic heterocycles. The number of nitrogens with zero attached hydrogens (tertiary/aromatic N) is 2. The smallest absolute Gasteiger partial charge is 0.320 e. The van der Waals surface area contributed by atoms with Crippen LogP contribution in [0.25, 0.3) is 11.4 Å². The van der Waals surface area contributed by atoms with Crippen molar-refractivity contribution in [2.24, 2.45) is 0 Å². The molecule has 0 aliphatic heterocycles. The Kier molecular flexibility index (Phi) is 6.17. The van der Waals surface area contributed by atoms with E-state index in [9.17, 15) is 4.79 Å². The van der Waals surface area contributed by atoms with Crippen LogP contribution >= 0.6 is 0 Å². The normalized spacial score (nSPS) is 10.8. The van der Waals surface area contributed by atoms with E-state index in [1.165, 1.54) is 0 Å². The number of aromatic amines is 1. The van der Waals surface area contributed by atoms with Gasteiger partial charge in [0.05, 0.1) is 13.2 Å². The van der Waals surface area contributed by atoms with Gasteiger partial charge in [-0.25, -0.2) is 4.98 Å². The SMILES string of the molecule is CCOC(=O)CN(Cc1ccccc1)Cc1cnc(-c2ccccc2)[nH]1. The third-order valence-electron chi connectivity index (χ3n) is 3.98. The highest BCUT2D eigenvalue weighted by atomic mass is 16.5. The van der Waals surface area contributed by atoms with Crippen molar-refractivity contribution in [3.63, 3.8) is 0 Å². The summed E-state index contributed by atoms with van der Waals surface area (Å²) < 4.78 is 5.12. The number of aromatic nitrogens is 2. The molecule has 0 bridgehead atoms. The van der Waals surface area contributed by atoms with Crippen molar-refractivity contribution < 1.29 is 9.53 Å². The van der Waals surface area contributed by atoms with E-state index >= 15 is 0 Å². The Bertz CT molecular complexity index is 816. The molecule has 0 amide bonds. The molecule has 26 heavy (non-hydrogen) atoms. The van der Waals surface area contributed by atoms with Crippen molar-refractivity contribution in [3.8, 4) is 11.4 Å². The highest BCUT2D eigenvalue weighted by Gasteiger charge is 2.14. The second-order valence-electron chi connectivity index (χ2n) is 6.06. The largest absolute Gasteiger partial charge is 0.465 e. The molecule has 2 aromatic carbocycles. The number of esters is 1. The third kappa shape index (κ3) is 5.04. The van der Waals surface area contributed by atoms with Crippen molar-refractivity contribution in [2.45, 2.75) is 20.0 Å². The molecule has 134 valence electrons. The van der Waals surface area contributed by atoms with Gasteiger partial charge in [0.15, 0.2) is 0 Å². The fraction of sp³-hybridized carbons (Fsp3) is 0.238. The van der Waals surface area contributed by atoms with Gasteiger partial charge in [0.25, 0.3) is 0 Å². The lowest BCUT2D eigenvalue weighted by atomic mass is 10.2. The van der Waals surface area contributed by atoms with Gasteiger partial charge in [-0.1, -0.05) is 60.7 Å². The van der Waals surface area contributed by atoms with Crippen molar-refractivity contribution in [2.75, 3.05) is 13.2 Å². The Morgan fingerprint density at radius 3 is 2.42 bits per heavy atom. The van der Waals surface area contributed by atoms with Crippen molar-refractivity contribution in [1.82, 2.24) is 14.9 Å². The van der Waals surface area contributed by atoms with Crippen LogP contribution in [0, 0.1) is 0 Å². The van der Waals surface area contributed by atoms with Crippen LogP contribution in [0.3, 0.4) is 0 Å². The van der Waals surface area contributed by atoms with Crippen molar-refractivity contribution >= 4 is 5.97 Å². The van der Waals surface area contributed by atoms with Gasteiger partial charge in [-0.15, -0.1) is 0 Å². The van der Waals surface area contributed by atoms with Gasteiger partial charge in [-0.2, -0.15) is 0 Å². The minimum absolute atomic E-state index is 0.216. The maximum Gasteiger partial charge on any atom is 0.320 e. The topological polar surface area (TPSA) is 58.2 Å². The highest BCUT2D eigenvalue weighted by Crippen LogP contribution is 2.16. The van der Waals surface area contributed by atoms with Gasteiger partial charge in [0, 0.05) is 30.5 Å². The summed E-state index contributed by atoms with van der Waals surface area (Å²) >= 11 is 0. The number of imidazole rings is 1.